The molecule has 7 nitrogen and oxygen atoms in total. The molecule has 2 heterocycles. The van der Waals surface area contributed by atoms with Crippen LogP contribution in [0, 0.1) is 5.92 Å². The second-order valence-corrected chi connectivity index (χ2v) is 8.59. The van der Waals surface area contributed by atoms with Gasteiger partial charge in [-0.3, -0.25) is 14.2 Å². The predicted octanol–water partition coefficient (Wildman–Crippen LogP) is 3.06. The molecule has 0 atom stereocenters. The zero-order valence-corrected chi connectivity index (χ0v) is 17.5. The van der Waals surface area contributed by atoms with E-state index in [-0.39, 0.29) is 23.6 Å². The van der Waals surface area contributed by atoms with Crippen molar-refractivity contribution in [3.8, 4) is 0 Å². The van der Waals surface area contributed by atoms with Gasteiger partial charge in [-0.2, -0.15) is 0 Å². The lowest BCUT2D eigenvalue weighted by molar-refractivity contribution is -0.137. The molecule has 1 aliphatic heterocycles. The van der Waals surface area contributed by atoms with Crippen molar-refractivity contribution in [3.63, 3.8) is 0 Å². The fourth-order valence-corrected chi connectivity index (χ4v) is 4.78. The average molecular weight is 414 g/mol. The Balaban J connectivity index is 1.19. The Labute approximate surface area is 176 Å². The molecule has 30 heavy (non-hydrogen) atoms. The smallest absolute Gasteiger partial charge is 0.408 e. The number of oxazole rings is 1. The molecule has 162 valence electrons. The zero-order valence-electron chi connectivity index (χ0n) is 17.5. The van der Waals surface area contributed by atoms with Gasteiger partial charge < -0.3 is 14.6 Å². The number of hydrogen-bond acceptors (Lipinski definition) is 4. The van der Waals surface area contributed by atoms with Gasteiger partial charge in [0.2, 0.25) is 11.8 Å². The molecule has 0 bridgehead atoms. The molecule has 0 spiro atoms. The highest BCUT2D eigenvalue weighted by molar-refractivity contribution is 5.79. The highest BCUT2D eigenvalue weighted by Gasteiger charge is 2.29. The second kappa shape index (κ2) is 9.49. The Morgan fingerprint density at radius 1 is 1.03 bits per heavy atom. The second-order valence-electron chi connectivity index (χ2n) is 8.59. The molecule has 2 amide bonds. The normalized spacial score (nSPS) is 18.6. The highest BCUT2D eigenvalue weighted by Crippen LogP contribution is 2.26. The van der Waals surface area contributed by atoms with Crippen LogP contribution >= 0.6 is 0 Å². The molecule has 2 aromatic rings. The number of para-hydroxylation sites is 2. The summed E-state index contributed by atoms with van der Waals surface area (Å²) in [6.07, 6.45) is 8.24. The van der Waals surface area contributed by atoms with Gasteiger partial charge in [-0.15, -0.1) is 0 Å². The van der Waals surface area contributed by atoms with Crippen molar-refractivity contribution in [2.24, 2.45) is 5.92 Å². The number of nitrogens with one attached hydrogen (secondary N) is 1. The molecule has 4 rings (SSSR count). The number of hydrogen-bond donors (Lipinski definition) is 1. The molecular formula is C23H31N3O4. The van der Waals surface area contributed by atoms with E-state index in [0.29, 0.717) is 30.9 Å². The fraction of sp³-hybridized carbons (Fsp3) is 0.609. The third-order valence-electron chi connectivity index (χ3n) is 6.49. The standard InChI is InChI=1S/C23H31N3O4/c27-21(11-6-14-26-19-9-4-5-10-20(19)30-23(26)29)24-18-12-15-25(16-13-18)22(28)17-7-2-1-3-8-17/h4-5,9-10,17-18H,1-3,6-8,11-16H2,(H,24,27). The quantitative estimate of drug-likeness (QED) is 0.789. The van der Waals surface area contributed by atoms with E-state index in [4.69, 9.17) is 4.42 Å². The van der Waals surface area contributed by atoms with E-state index in [0.717, 1.165) is 44.3 Å². The zero-order chi connectivity index (χ0) is 20.9. The molecule has 1 aliphatic carbocycles. The van der Waals surface area contributed by atoms with Crippen molar-refractivity contribution >= 4 is 22.9 Å². The summed E-state index contributed by atoms with van der Waals surface area (Å²) in [6, 6.07) is 7.45. The molecule has 0 radical (unpaired) electrons. The van der Waals surface area contributed by atoms with Crippen LogP contribution in [0.15, 0.2) is 33.5 Å². The summed E-state index contributed by atoms with van der Waals surface area (Å²) in [5.41, 5.74) is 1.33. The van der Waals surface area contributed by atoms with E-state index in [2.05, 4.69) is 5.32 Å². The number of benzene rings is 1. The number of fused-ring (bicyclic) bond motifs is 1. The van der Waals surface area contributed by atoms with Crippen LogP contribution in [-0.2, 0) is 16.1 Å². The van der Waals surface area contributed by atoms with Gasteiger partial charge in [0.05, 0.1) is 5.52 Å². The molecule has 2 fully saturated rings. The summed E-state index contributed by atoms with van der Waals surface area (Å²) >= 11 is 0. The summed E-state index contributed by atoms with van der Waals surface area (Å²) < 4.78 is 6.81. The molecular weight excluding hydrogens is 382 g/mol. The van der Waals surface area contributed by atoms with Gasteiger partial charge in [0.1, 0.15) is 0 Å². The minimum atomic E-state index is -0.383. The molecule has 7 heteroatoms. The van der Waals surface area contributed by atoms with Gasteiger partial charge in [-0.05, 0) is 44.2 Å². The molecule has 1 N–H and O–H groups in total. The summed E-state index contributed by atoms with van der Waals surface area (Å²) in [7, 11) is 0. The van der Waals surface area contributed by atoms with Gasteiger partial charge >= 0.3 is 5.76 Å². The number of rotatable bonds is 6. The Morgan fingerprint density at radius 2 is 1.77 bits per heavy atom. The molecule has 1 aromatic heterocycles. The first kappa shape index (κ1) is 20.7. The van der Waals surface area contributed by atoms with Gasteiger partial charge in [0.15, 0.2) is 5.58 Å². The van der Waals surface area contributed by atoms with Gasteiger partial charge in [-0.1, -0.05) is 31.4 Å². The molecule has 2 aliphatic rings. The van der Waals surface area contributed by atoms with Crippen LogP contribution in [-0.4, -0.2) is 40.4 Å². The predicted molar refractivity (Wildman–Crippen MR) is 114 cm³/mol. The SMILES string of the molecule is O=C(CCCn1c(=O)oc2ccccc21)NC1CCN(C(=O)C2CCCCC2)CC1. The Hall–Kier alpha value is -2.57. The van der Waals surface area contributed by atoms with Crippen molar-refractivity contribution in [1.29, 1.82) is 0 Å². The van der Waals surface area contributed by atoms with Crippen molar-refractivity contribution in [2.45, 2.75) is 70.4 Å². The van der Waals surface area contributed by atoms with Crippen LogP contribution in [0.3, 0.4) is 0 Å². The number of piperidine rings is 1. The summed E-state index contributed by atoms with van der Waals surface area (Å²) in [6.45, 7) is 1.92. The first-order valence-corrected chi connectivity index (χ1v) is 11.3. The van der Waals surface area contributed by atoms with Crippen LogP contribution in [0.25, 0.3) is 11.1 Å². The first-order valence-electron chi connectivity index (χ1n) is 11.3. The van der Waals surface area contributed by atoms with E-state index in [1.54, 1.807) is 10.6 Å². The minimum absolute atomic E-state index is 0.00732. The van der Waals surface area contributed by atoms with E-state index in [1.807, 2.05) is 23.1 Å². The number of amides is 2. The number of nitrogens with zero attached hydrogens (tertiary/aromatic N) is 2. The molecule has 1 saturated carbocycles. The van der Waals surface area contributed by atoms with Crippen molar-refractivity contribution in [3.05, 3.63) is 34.8 Å². The highest BCUT2D eigenvalue weighted by atomic mass is 16.4. The summed E-state index contributed by atoms with van der Waals surface area (Å²) in [5.74, 6) is 0.157. The number of aryl methyl sites for hydroxylation is 1. The lowest BCUT2D eigenvalue weighted by Gasteiger charge is -2.35. The maximum Gasteiger partial charge on any atom is 0.419 e. The van der Waals surface area contributed by atoms with Crippen molar-refractivity contribution in [1.82, 2.24) is 14.8 Å². The Morgan fingerprint density at radius 3 is 2.53 bits per heavy atom. The van der Waals surface area contributed by atoms with Crippen LogP contribution in [0.4, 0.5) is 0 Å². The maximum absolute atomic E-state index is 12.7. The molecule has 1 aromatic carbocycles. The van der Waals surface area contributed by atoms with E-state index >= 15 is 0 Å². The van der Waals surface area contributed by atoms with Gasteiger partial charge in [-0.25, -0.2) is 4.79 Å². The van der Waals surface area contributed by atoms with E-state index < -0.39 is 0 Å². The average Bonchev–Trinajstić information content (AvgIpc) is 3.09. The van der Waals surface area contributed by atoms with E-state index in [1.165, 1.54) is 19.3 Å². The lowest BCUT2D eigenvalue weighted by Crippen LogP contribution is -2.48. The number of carbonyl (C=O) groups excluding carboxylic acids is 2. The van der Waals surface area contributed by atoms with Crippen LogP contribution in [0.5, 0.6) is 0 Å². The lowest BCUT2D eigenvalue weighted by atomic mass is 9.87. The van der Waals surface area contributed by atoms with Crippen molar-refractivity contribution in [2.75, 3.05) is 13.1 Å². The van der Waals surface area contributed by atoms with Gasteiger partial charge in [0, 0.05) is 38.0 Å². The van der Waals surface area contributed by atoms with E-state index in [9.17, 15) is 14.4 Å². The fourth-order valence-electron chi connectivity index (χ4n) is 4.78. The number of aromatic nitrogens is 1. The third-order valence-corrected chi connectivity index (χ3v) is 6.49. The number of carbonyl (C=O) groups is 2. The monoisotopic (exact) mass is 413 g/mol. The summed E-state index contributed by atoms with van der Waals surface area (Å²) in [5, 5.41) is 3.10. The van der Waals surface area contributed by atoms with Crippen LogP contribution < -0.4 is 11.1 Å². The summed E-state index contributed by atoms with van der Waals surface area (Å²) in [4.78, 5) is 39.0. The van der Waals surface area contributed by atoms with Crippen LogP contribution in [0.2, 0.25) is 0 Å². The topological polar surface area (TPSA) is 84.5 Å². The van der Waals surface area contributed by atoms with Crippen molar-refractivity contribution < 1.29 is 14.0 Å². The number of likely N-dealkylation sites (tertiary alicyclic amines) is 1. The maximum atomic E-state index is 12.7. The molecule has 1 saturated heterocycles. The Bertz CT molecular complexity index is 933. The first-order chi connectivity index (χ1) is 14.6. The third kappa shape index (κ3) is 4.77. The van der Waals surface area contributed by atoms with Gasteiger partial charge in [0.25, 0.3) is 0 Å². The van der Waals surface area contributed by atoms with Crippen LogP contribution in [0.1, 0.15) is 57.8 Å². The molecule has 0 unspecified atom stereocenters. The Kier molecular flexibility index (Phi) is 6.55. The minimum Gasteiger partial charge on any atom is -0.408 e. The largest absolute Gasteiger partial charge is 0.419 e.